The Bertz CT molecular complexity index is 1210. The Labute approximate surface area is 198 Å². The van der Waals surface area contributed by atoms with Gasteiger partial charge in [0.25, 0.3) is 5.91 Å². The first-order valence-electron chi connectivity index (χ1n) is 11.4. The zero-order valence-electron chi connectivity index (χ0n) is 19.0. The number of carbonyl (C=O) groups excluding carboxylic acids is 2. The van der Waals surface area contributed by atoms with E-state index in [2.05, 4.69) is 5.32 Å². The van der Waals surface area contributed by atoms with Crippen LogP contribution in [-0.4, -0.2) is 29.6 Å². The summed E-state index contributed by atoms with van der Waals surface area (Å²) in [6.45, 7) is 2.94. The second kappa shape index (κ2) is 9.47. The maximum absolute atomic E-state index is 13.2. The quantitative estimate of drug-likeness (QED) is 0.596. The largest absolute Gasteiger partial charge is 0.480 e. The second-order valence-corrected chi connectivity index (χ2v) is 8.43. The van der Waals surface area contributed by atoms with Gasteiger partial charge in [0.1, 0.15) is 5.75 Å². The van der Waals surface area contributed by atoms with Crippen molar-refractivity contribution in [2.24, 2.45) is 0 Å². The van der Waals surface area contributed by atoms with Gasteiger partial charge in [0.15, 0.2) is 17.6 Å². The molecule has 0 spiro atoms. The molecule has 1 N–H and O–H groups in total. The molecule has 0 aliphatic carbocycles. The second-order valence-electron chi connectivity index (χ2n) is 8.43. The van der Waals surface area contributed by atoms with E-state index in [4.69, 9.17) is 14.2 Å². The number of benzene rings is 3. The van der Waals surface area contributed by atoms with Crippen LogP contribution < -0.4 is 19.5 Å². The van der Waals surface area contributed by atoms with Gasteiger partial charge in [-0.15, -0.1) is 0 Å². The van der Waals surface area contributed by atoms with Crippen LogP contribution in [0.15, 0.2) is 66.7 Å². The number of carbonyl (C=O) groups is 2. The first-order chi connectivity index (χ1) is 16.6. The summed E-state index contributed by atoms with van der Waals surface area (Å²) in [6, 6.07) is 20.8. The summed E-state index contributed by atoms with van der Waals surface area (Å²) < 4.78 is 16.9. The van der Waals surface area contributed by atoms with Gasteiger partial charge in [0.05, 0.1) is 6.42 Å². The minimum Gasteiger partial charge on any atom is -0.480 e. The molecular weight excluding hydrogens is 432 g/mol. The predicted octanol–water partition coefficient (Wildman–Crippen LogP) is 4.30. The number of amides is 2. The van der Waals surface area contributed by atoms with Crippen molar-refractivity contribution >= 4 is 17.5 Å². The standard InChI is InChI=1S/C27H26N2O5/c1-2-22-27(31)29(15-19-8-10-24-25(12-19)33-17-32-24)16-20-14-21(9-11-23(20)34-22)28-26(30)13-18-6-4-3-5-7-18/h3-12,14,22H,2,13,15-17H2,1H3,(H,28,30)/t22-/m0/s1. The molecule has 7 heteroatoms. The van der Waals surface area contributed by atoms with E-state index in [9.17, 15) is 9.59 Å². The number of hydrogen-bond acceptors (Lipinski definition) is 5. The molecule has 3 aromatic rings. The van der Waals surface area contributed by atoms with Gasteiger partial charge in [0, 0.05) is 24.3 Å². The number of hydrogen-bond donors (Lipinski definition) is 1. The lowest BCUT2D eigenvalue weighted by atomic mass is 10.1. The van der Waals surface area contributed by atoms with Crippen LogP contribution in [0.3, 0.4) is 0 Å². The van der Waals surface area contributed by atoms with Gasteiger partial charge in [-0.3, -0.25) is 9.59 Å². The van der Waals surface area contributed by atoms with E-state index in [1.54, 1.807) is 4.90 Å². The smallest absolute Gasteiger partial charge is 0.264 e. The van der Waals surface area contributed by atoms with E-state index < -0.39 is 6.10 Å². The monoisotopic (exact) mass is 458 g/mol. The van der Waals surface area contributed by atoms with Gasteiger partial charge in [-0.2, -0.15) is 0 Å². The molecule has 0 unspecified atom stereocenters. The molecule has 0 saturated heterocycles. The molecule has 2 amide bonds. The Morgan fingerprint density at radius 3 is 2.59 bits per heavy atom. The average molecular weight is 459 g/mol. The van der Waals surface area contributed by atoms with E-state index in [0.29, 0.717) is 48.9 Å². The Hall–Kier alpha value is -4.00. The number of rotatable bonds is 6. The van der Waals surface area contributed by atoms with Crippen molar-refractivity contribution < 1.29 is 23.8 Å². The highest BCUT2D eigenvalue weighted by Gasteiger charge is 2.30. The molecule has 2 aliphatic heterocycles. The Kier molecular flexibility index (Phi) is 6.08. The Balaban J connectivity index is 1.35. The van der Waals surface area contributed by atoms with Crippen molar-refractivity contribution in [3.8, 4) is 17.2 Å². The van der Waals surface area contributed by atoms with Crippen LogP contribution in [0.25, 0.3) is 0 Å². The summed E-state index contributed by atoms with van der Waals surface area (Å²) in [5.74, 6) is 1.90. The molecule has 34 heavy (non-hydrogen) atoms. The van der Waals surface area contributed by atoms with Crippen molar-refractivity contribution in [3.63, 3.8) is 0 Å². The third kappa shape index (κ3) is 4.69. The summed E-state index contributed by atoms with van der Waals surface area (Å²) in [5, 5.41) is 2.96. The van der Waals surface area contributed by atoms with Crippen LogP contribution in [0.5, 0.6) is 17.2 Å². The Morgan fingerprint density at radius 1 is 0.971 bits per heavy atom. The third-order valence-corrected chi connectivity index (χ3v) is 5.95. The first kappa shape index (κ1) is 21.8. The SMILES string of the molecule is CC[C@@H]1Oc2ccc(NC(=O)Cc3ccccc3)cc2CN(Cc2ccc3c(c2)OCO3)C1=O. The summed E-state index contributed by atoms with van der Waals surface area (Å²) in [7, 11) is 0. The molecule has 174 valence electrons. The van der Waals surface area contributed by atoms with Crippen LogP contribution in [0, 0.1) is 0 Å². The van der Waals surface area contributed by atoms with E-state index in [1.807, 2.05) is 73.7 Å². The van der Waals surface area contributed by atoms with Gasteiger partial charge >= 0.3 is 0 Å². The molecule has 5 rings (SSSR count). The highest BCUT2D eigenvalue weighted by molar-refractivity contribution is 5.92. The molecule has 2 aliphatic rings. The first-order valence-corrected chi connectivity index (χ1v) is 11.4. The molecule has 2 heterocycles. The van der Waals surface area contributed by atoms with Crippen molar-refractivity contribution in [1.82, 2.24) is 4.90 Å². The summed E-state index contributed by atoms with van der Waals surface area (Å²) in [4.78, 5) is 27.5. The van der Waals surface area contributed by atoms with Crippen LogP contribution in [0.1, 0.15) is 30.0 Å². The molecule has 3 aromatic carbocycles. The normalized spacial score (nSPS) is 16.4. The number of ether oxygens (including phenoxy) is 3. The van der Waals surface area contributed by atoms with Crippen LogP contribution in [0.4, 0.5) is 5.69 Å². The summed E-state index contributed by atoms with van der Waals surface area (Å²) in [5.41, 5.74) is 3.42. The van der Waals surface area contributed by atoms with E-state index in [-0.39, 0.29) is 18.6 Å². The topological polar surface area (TPSA) is 77.1 Å². The maximum atomic E-state index is 13.2. The highest BCUT2D eigenvalue weighted by atomic mass is 16.7. The zero-order valence-corrected chi connectivity index (χ0v) is 19.0. The molecule has 7 nitrogen and oxygen atoms in total. The molecule has 0 saturated carbocycles. The van der Waals surface area contributed by atoms with Gasteiger partial charge in [0.2, 0.25) is 12.7 Å². The van der Waals surface area contributed by atoms with Crippen LogP contribution in [0.2, 0.25) is 0 Å². The van der Waals surface area contributed by atoms with Crippen molar-refractivity contribution in [1.29, 1.82) is 0 Å². The van der Waals surface area contributed by atoms with Gasteiger partial charge in [-0.1, -0.05) is 43.3 Å². The number of nitrogens with zero attached hydrogens (tertiary/aromatic N) is 1. The maximum Gasteiger partial charge on any atom is 0.264 e. The molecule has 1 atom stereocenters. The highest BCUT2D eigenvalue weighted by Crippen LogP contribution is 2.34. The fraction of sp³-hybridized carbons (Fsp3) is 0.259. The van der Waals surface area contributed by atoms with E-state index >= 15 is 0 Å². The molecular formula is C27H26N2O5. The predicted molar refractivity (Wildman–Crippen MR) is 127 cm³/mol. The number of anilines is 1. The lowest BCUT2D eigenvalue weighted by Gasteiger charge is -2.23. The lowest BCUT2D eigenvalue weighted by molar-refractivity contribution is -0.139. The van der Waals surface area contributed by atoms with Crippen molar-refractivity contribution in [2.45, 2.75) is 39.0 Å². The minimum absolute atomic E-state index is 0.0639. The van der Waals surface area contributed by atoms with Crippen LogP contribution >= 0.6 is 0 Å². The van der Waals surface area contributed by atoms with Gasteiger partial charge < -0.3 is 24.4 Å². The molecule has 0 radical (unpaired) electrons. The molecule has 0 aromatic heterocycles. The zero-order chi connectivity index (χ0) is 23.5. The summed E-state index contributed by atoms with van der Waals surface area (Å²) in [6.07, 6.45) is 0.292. The van der Waals surface area contributed by atoms with Crippen molar-refractivity contribution in [2.75, 3.05) is 12.1 Å². The minimum atomic E-state index is -0.561. The van der Waals surface area contributed by atoms with E-state index in [1.165, 1.54) is 0 Å². The van der Waals surface area contributed by atoms with Crippen LogP contribution in [-0.2, 0) is 29.1 Å². The molecule has 0 bridgehead atoms. The fourth-order valence-corrected chi connectivity index (χ4v) is 4.22. The number of fused-ring (bicyclic) bond motifs is 2. The number of nitrogens with one attached hydrogen (secondary N) is 1. The van der Waals surface area contributed by atoms with E-state index in [0.717, 1.165) is 16.7 Å². The third-order valence-electron chi connectivity index (χ3n) is 5.95. The lowest BCUT2D eigenvalue weighted by Crippen LogP contribution is -2.38. The fourth-order valence-electron chi connectivity index (χ4n) is 4.22. The average Bonchev–Trinajstić information content (AvgIpc) is 3.26. The Morgan fingerprint density at radius 2 is 1.76 bits per heavy atom. The van der Waals surface area contributed by atoms with Gasteiger partial charge in [-0.25, -0.2) is 0 Å². The molecule has 0 fully saturated rings. The van der Waals surface area contributed by atoms with Gasteiger partial charge in [-0.05, 0) is 47.9 Å². The van der Waals surface area contributed by atoms with Crippen molar-refractivity contribution in [3.05, 3.63) is 83.4 Å². The summed E-state index contributed by atoms with van der Waals surface area (Å²) >= 11 is 0.